The Hall–Kier alpha value is -0.330. The third-order valence-electron chi connectivity index (χ3n) is 3.65. The second-order valence-corrected chi connectivity index (χ2v) is 7.47. The fourth-order valence-corrected chi connectivity index (χ4v) is 4.85. The lowest BCUT2D eigenvalue weighted by Crippen LogP contribution is -2.52. The Kier molecular flexibility index (Phi) is 4.50. The Morgan fingerprint density at radius 3 is 2.50 bits per heavy atom. The summed E-state index contributed by atoms with van der Waals surface area (Å²) in [7, 11) is -3.05. The van der Waals surface area contributed by atoms with Crippen molar-refractivity contribution in [2.45, 2.75) is 31.3 Å². The summed E-state index contributed by atoms with van der Waals surface area (Å²) in [6, 6.07) is -0.387. The van der Waals surface area contributed by atoms with Gasteiger partial charge in [0, 0.05) is 6.04 Å². The summed E-state index contributed by atoms with van der Waals surface area (Å²) in [4.78, 5) is 13.6. The topological polar surface area (TPSA) is 66.5 Å². The van der Waals surface area contributed by atoms with Crippen LogP contribution in [0.3, 0.4) is 0 Å². The predicted molar refractivity (Wildman–Crippen MR) is 70.5 cm³/mol. The molecule has 2 aliphatic heterocycles. The van der Waals surface area contributed by atoms with Crippen molar-refractivity contribution in [3.8, 4) is 0 Å². The van der Waals surface area contributed by atoms with E-state index in [0.29, 0.717) is 0 Å². The first kappa shape index (κ1) is 14.1. The molecule has 0 aromatic rings. The van der Waals surface area contributed by atoms with Crippen LogP contribution in [0.4, 0.5) is 0 Å². The molecule has 0 spiro atoms. The number of carbonyl (C=O) groups excluding carboxylic acids is 1. The van der Waals surface area contributed by atoms with Crippen LogP contribution < -0.4 is 5.32 Å². The van der Waals surface area contributed by atoms with Gasteiger partial charge in [-0.2, -0.15) is 0 Å². The minimum atomic E-state index is -3.05. The number of nitrogens with zero attached hydrogens (tertiary/aromatic N) is 1. The lowest BCUT2D eigenvalue weighted by Gasteiger charge is -2.34. The highest BCUT2D eigenvalue weighted by Gasteiger charge is 2.41. The third kappa shape index (κ3) is 3.36. The van der Waals surface area contributed by atoms with Gasteiger partial charge in [0.1, 0.15) is 5.88 Å². The number of hydrogen-bond donors (Lipinski definition) is 1. The van der Waals surface area contributed by atoms with Gasteiger partial charge in [0.2, 0.25) is 5.91 Å². The van der Waals surface area contributed by atoms with Gasteiger partial charge < -0.3 is 5.32 Å². The van der Waals surface area contributed by atoms with Gasteiger partial charge in [0.15, 0.2) is 9.84 Å². The zero-order valence-electron chi connectivity index (χ0n) is 10.3. The molecule has 2 aliphatic rings. The molecule has 1 amide bonds. The maximum absolute atomic E-state index is 11.8. The lowest BCUT2D eigenvalue weighted by molar-refractivity contribution is -0.119. The van der Waals surface area contributed by atoms with Crippen molar-refractivity contribution in [2.75, 3.05) is 30.5 Å². The SMILES string of the molecule is O=C(CCl)N[C@@H]1CS(=O)(=O)C[C@H]1N1CCCCC1. The van der Waals surface area contributed by atoms with Gasteiger partial charge in [-0.1, -0.05) is 6.42 Å². The van der Waals surface area contributed by atoms with E-state index in [0.717, 1.165) is 25.9 Å². The number of likely N-dealkylation sites (tertiary alicyclic amines) is 1. The summed E-state index contributed by atoms with van der Waals surface area (Å²) in [5.74, 6) is -0.221. The van der Waals surface area contributed by atoms with Gasteiger partial charge in [0.05, 0.1) is 17.5 Å². The fraction of sp³-hybridized carbons (Fsp3) is 0.909. The summed E-state index contributed by atoms with van der Waals surface area (Å²) < 4.78 is 23.5. The van der Waals surface area contributed by atoms with Gasteiger partial charge in [-0.05, 0) is 25.9 Å². The van der Waals surface area contributed by atoms with Crippen LogP contribution in [0.2, 0.25) is 0 Å². The second-order valence-electron chi connectivity index (χ2n) is 5.05. The van der Waals surface area contributed by atoms with E-state index in [4.69, 9.17) is 11.6 Å². The zero-order valence-corrected chi connectivity index (χ0v) is 11.8. The number of alkyl halides is 1. The molecular weight excluding hydrogens is 276 g/mol. The van der Waals surface area contributed by atoms with Gasteiger partial charge in [-0.15, -0.1) is 11.6 Å². The van der Waals surface area contributed by atoms with Crippen molar-refractivity contribution in [1.82, 2.24) is 10.2 Å². The summed E-state index contributed by atoms with van der Waals surface area (Å²) in [5, 5.41) is 2.74. The molecule has 2 saturated heterocycles. The van der Waals surface area contributed by atoms with E-state index in [2.05, 4.69) is 10.2 Å². The molecule has 0 saturated carbocycles. The van der Waals surface area contributed by atoms with Crippen LogP contribution in [-0.2, 0) is 14.6 Å². The quantitative estimate of drug-likeness (QED) is 0.744. The number of rotatable bonds is 3. The minimum absolute atomic E-state index is 0.0385. The molecular formula is C11H19ClN2O3S. The van der Waals surface area contributed by atoms with Gasteiger partial charge in [-0.25, -0.2) is 8.42 Å². The van der Waals surface area contributed by atoms with E-state index in [-0.39, 0.29) is 35.4 Å². The molecule has 0 radical (unpaired) electrons. The number of sulfone groups is 1. The molecule has 2 atom stereocenters. The largest absolute Gasteiger partial charge is 0.350 e. The molecule has 7 heteroatoms. The van der Waals surface area contributed by atoms with Crippen LogP contribution in [0.1, 0.15) is 19.3 Å². The number of carbonyl (C=O) groups is 1. The maximum atomic E-state index is 11.8. The Morgan fingerprint density at radius 1 is 1.22 bits per heavy atom. The number of amides is 1. The number of halogens is 1. The molecule has 2 fully saturated rings. The standard InChI is InChI=1S/C11H19ClN2O3S/c12-6-11(15)13-9-7-18(16,17)8-10(9)14-4-2-1-3-5-14/h9-10H,1-8H2,(H,13,15)/t9-,10-/m1/s1. The van der Waals surface area contributed by atoms with E-state index >= 15 is 0 Å². The molecule has 0 unspecified atom stereocenters. The number of nitrogens with one attached hydrogen (secondary N) is 1. The molecule has 0 aromatic heterocycles. The highest BCUT2D eigenvalue weighted by atomic mass is 35.5. The first-order valence-corrected chi connectivity index (χ1v) is 8.67. The van der Waals surface area contributed by atoms with E-state index < -0.39 is 9.84 Å². The molecule has 0 aliphatic carbocycles. The van der Waals surface area contributed by atoms with Crippen molar-refractivity contribution >= 4 is 27.3 Å². The van der Waals surface area contributed by atoms with Gasteiger partial charge >= 0.3 is 0 Å². The van der Waals surface area contributed by atoms with Crippen LogP contribution in [0.25, 0.3) is 0 Å². The Labute approximate surface area is 113 Å². The molecule has 2 rings (SSSR count). The minimum Gasteiger partial charge on any atom is -0.350 e. The van der Waals surface area contributed by atoms with Crippen LogP contribution in [-0.4, -0.2) is 61.8 Å². The van der Waals surface area contributed by atoms with Gasteiger partial charge in [-0.3, -0.25) is 9.69 Å². The van der Waals surface area contributed by atoms with Crippen molar-refractivity contribution in [1.29, 1.82) is 0 Å². The van der Waals surface area contributed by atoms with E-state index in [1.807, 2.05) is 0 Å². The first-order valence-electron chi connectivity index (χ1n) is 6.31. The second kappa shape index (κ2) is 5.75. The van der Waals surface area contributed by atoms with E-state index in [1.165, 1.54) is 6.42 Å². The van der Waals surface area contributed by atoms with Gasteiger partial charge in [0.25, 0.3) is 0 Å². The van der Waals surface area contributed by atoms with E-state index in [9.17, 15) is 13.2 Å². The summed E-state index contributed by atoms with van der Waals surface area (Å²) in [6.07, 6.45) is 3.41. The Morgan fingerprint density at radius 2 is 1.89 bits per heavy atom. The summed E-state index contributed by atoms with van der Waals surface area (Å²) >= 11 is 5.46. The molecule has 18 heavy (non-hydrogen) atoms. The molecule has 5 nitrogen and oxygen atoms in total. The van der Waals surface area contributed by atoms with Crippen LogP contribution in [0.15, 0.2) is 0 Å². The highest BCUT2D eigenvalue weighted by Crippen LogP contribution is 2.22. The Balaban J connectivity index is 2.07. The predicted octanol–water partition coefficient (Wildman–Crippen LogP) is -0.00710. The monoisotopic (exact) mass is 294 g/mol. The molecule has 0 bridgehead atoms. The zero-order chi connectivity index (χ0) is 13.2. The summed E-state index contributed by atoms with van der Waals surface area (Å²) in [6.45, 7) is 1.85. The summed E-state index contributed by atoms with van der Waals surface area (Å²) in [5.41, 5.74) is 0. The maximum Gasteiger partial charge on any atom is 0.235 e. The Bertz CT molecular complexity index is 407. The highest BCUT2D eigenvalue weighted by molar-refractivity contribution is 7.91. The molecule has 2 heterocycles. The number of hydrogen-bond acceptors (Lipinski definition) is 4. The molecule has 104 valence electrons. The first-order chi connectivity index (χ1) is 8.52. The third-order valence-corrected chi connectivity index (χ3v) is 5.61. The average molecular weight is 295 g/mol. The number of piperidine rings is 1. The molecule has 1 N–H and O–H groups in total. The van der Waals surface area contributed by atoms with Crippen molar-refractivity contribution < 1.29 is 13.2 Å². The average Bonchev–Trinajstić information content (AvgIpc) is 2.65. The van der Waals surface area contributed by atoms with Crippen LogP contribution >= 0.6 is 11.6 Å². The molecule has 0 aromatic carbocycles. The van der Waals surface area contributed by atoms with E-state index in [1.54, 1.807) is 0 Å². The van der Waals surface area contributed by atoms with Crippen LogP contribution in [0, 0.1) is 0 Å². The smallest absolute Gasteiger partial charge is 0.235 e. The normalized spacial score (nSPS) is 32.3. The van der Waals surface area contributed by atoms with Crippen molar-refractivity contribution in [3.05, 3.63) is 0 Å². The van der Waals surface area contributed by atoms with Crippen molar-refractivity contribution in [2.24, 2.45) is 0 Å². The van der Waals surface area contributed by atoms with Crippen LogP contribution in [0.5, 0.6) is 0 Å². The fourth-order valence-electron chi connectivity index (χ4n) is 2.82. The van der Waals surface area contributed by atoms with Crippen molar-refractivity contribution in [3.63, 3.8) is 0 Å². The lowest BCUT2D eigenvalue weighted by atomic mass is 10.1.